The number of halogens is 1. The Labute approximate surface area is 147 Å². The van der Waals surface area contributed by atoms with Crippen LogP contribution in [0.3, 0.4) is 0 Å². The van der Waals surface area contributed by atoms with Gasteiger partial charge in [-0.3, -0.25) is 0 Å². The summed E-state index contributed by atoms with van der Waals surface area (Å²) in [4.78, 5) is 2.31. The lowest BCUT2D eigenvalue weighted by Crippen LogP contribution is -2.42. The maximum atomic E-state index is 14.0. The normalized spacial score (nSPS) is 18.4. The molecule has 2 aromatic carbocycles. The van der Waals surface area contributed by atoms with Gasteiger partial charge in [-0.1, -0.05) is 12.1 Å². The summed E-state index contributed by atoms with van der Waals surface area (Å²) in [7, 11) is -3.84. The predicted molar refractivity (Wildman–Crippen MR) is 95.2 cm³/mol. The Morgan fingerprint density at radius 1 is 1.08 bits per heavy atom. The number of nitrogens with one attached hydrogen (secondary N) is 1. The van der Waals surface area contributed by atoms with Crippen LogP contribution in [0.25, 0.3) is 0 Å². The molecule has 0 bridgehead atoms. The molecule has 0 atom stereocenters. The third-order valence-corrected chi connectivity index (χ3v) is 6.95. The van der Waals surface area contributed by atoms with Gasteiger partial charge in [0.05, 0.1) is 4.90 Å². The molecular weight excluding hydrogens is 339 g/mol. The fourth-order valence-electron chi connectivity index (χ4n) is 3.86. The Morgan fingerprint density at radius 2 is 1.84 bits per heavy atom. The average molecular weight is 360 g/mol. The number of sulfone groups is 1. The Morgan fingerprint density at radius 3 is 2.60 bits per heavy atom. The van der Waals surface area contributed by atoms with Gasteiger partial charge in [0, 0.05) is 18.3 Å². The Hall–Kier alpha value is -1.92. The van der Waals surface area contributed by atoms with E-state index >= 15 is 0 Å². The quantitative estimate of drug-likeness (QED) is 0.914. The molecule has 132 valence electrons. The van der Waals surface area contributed by atoms with Gasteiger partial charge in [0.1, 0.15) is 10.7 Å². The van der Waals surface area contributed by atoms with Crippen molar-refractivity contribution in [1.82, 2.24) is 5.32 Å². The van der Waals surface area contributed by atoms with Crippen LogP contribution in [0, 0.1) is 5.82 Å². The molecule has 2 aliphatic rings. The van der Waals surface area contributed by atoms with E-state index in [1.54, 1.807) is 18.2 Å². The number of rotatable bonds is 3. The van der Waals surface area contributed by atoms with Crippen molar-refractivity contribution in [3.05, 3.63) is 53.8 Å². The second kappa shape index (κ2) is 6.42. The van der Waals surface area contributed by atoms with E-state index in [1.165, 1.54) is 18.2 Å². The van der Waals surface area contributed by atoms with Gasteiger partial charge < -0.3 is 10.2 Å². The molecular formula is C19H21FN2O2S. The predicted octanol–water partition coefficient (Wildman–Crippen LogP) is 2.77. The molecule has 1 fully saturated rings. The van der Waals surface area contributed by atoms with Crippen molar-refractivity contribution < 1.29 is 12.8 Å². The first kappa shape index (κ1) is 16.5. The van der Waals surface area contributed by atoms with Gasteiger partial charge in [-0.25, -0.2) is 12.8 Å². The number of anilines is 1. The summed E-state index contributed by atoms with van der Waals surface area (Å²) in [6.45, 7) is 2.97. The smallest absolute Gasteiger partial charge is 0.209 e. The summed E-state index contributed by atoms with van der Waals surface area (Å²) >= 11 is 0. The third kappa shape index (κ3) is 2.93. The molecule has 0 unspecified atom stereocenters. The fraction of sp³-hybridized carbons (Fsp3) is 0.368. The molecule has 0 spiro atoms. The zero-order chi connectivity index (χ0) is 17.4. The first-order valence-corrected chi connectivity index (χ1v) is 10.2. The zero-order valence-electron chi connectivity index (χ0n) is 13.9. The molecule has 1 N–H and O–H groups in total. The van der Waals surface area contributed by atoms with Crippen molar-refractivity contribution in [2.45, 2.75) is 35.1 Å². The molecule has 0 saturated carbocycles. The minimum absolute atomic E-state index is 0.170. The van der Waals surface area contributed by atoms with E-state index in [0.29, 0.717) is 6.04 Å². The van der Waals surface area contributed by atoms with Gasteiger partial charge >= 0.3 is 0 Å². The molecule has 6 heteroatoms. The number of fused-ring (bicyclic) bond motifs is 1. The summed E-state index contributed by atoms with van der Waals surface area (Å²) in [5.74, 6) is -0.709. The maximum absolute atomic E-state index is 14.0. The Bertz CT molecular complexity index is 892. The lowest BCUT2D eigenvalue weighted by Gasteiger charge is -2.33. The van der Waals surface area contributed by atoms with Crippen molar-refractivity contribution in [3.63, 3.8) is 0 Å². The van der Waals surface area contributed by atoms with Crippen molar-refractivity contribution >= 4 is 15.5 Å². The van der Waals surface area contributed by atoms with Gasteiger partial charge in [-0.2, -0.15) is 0 Å². The molecule has 4 rings (SSSR count). The van der Waals surface area contributed by atoms with Crippen LogP contribution in [0.5, 0.6) is 0 Å². The van der Waals surface area contributed by atoms with Gasteiger partial charge in [-0.15, -0.1) is 0 Å². The van der Waals surface area contributed by atoms with Crippen molar-refractivity contribution in [2.75, 3.05) is 24.5 Å². The van der Waals surface area contributed by atoms with E-state index in [2.05, 4.69) is 10.2 Å². The maximum Gasteiger partial charge on any atom is 0.209 e. The summed E-state index contributed by atoms with van der Waals surface area (Å²) in [6, 6.07) is 11.3. The van der Waals surface area contributed by atoms with Gasteiger partial charge in [0.2, 0.25) is 9.84 Å². The Balaban J connectivity index is 1.67. The number of hydrogen-bond donors (Lipinski definition) is 1. The number of nitrogens with zero attached hydrogens (tertiary/aromatic N) is 1. The number of piperidine rings is 1. The highest BCUT2D eigenvalue weighted by atomic mass is 32.2. The van der Waals surface area contributed by atoms with Crippen LogP contribution in [-0.4, -0.2) is 34.1 Å². The minimum atomic E-state index is -3.84. The van der Waals surface area contributed by atoms with E-state index < -0.39 is 15.7 Å². The highest BCUT2D eigenvalue weighted by Gasteiger charge is 2.29. The van der Waals surface area contributed by atoms with E-state index in [1.807, 2.05) is 6.07 Å². The van der Waals surface area contributed by atoms with Crippen LogP contribution < -0.4 is 10.2 Å². The second-order valence-electron chi connectivity index (χ2n) is 6.65. The van der Waals surface area contributed by atoms with Crippen LogP contribution in [0.1, 0.15) is 18.4 Å². The van der Waals surface area contributed by atoms with Crippen molar-refractivity contribution in [2.24, 2.45) is 0 Å². The summed E-state index contributed by atoms with van der Waals surface area (Å²) in [6.07, 6.45) is 3.04. The first-order valence-electron chi connectivity index (χ1n) is 8.67. The van der Waals surface area contributed by atoms with E-state index in [4.69, 9.17) is 0 Å². The monoisotopic (exact) mass is 360 g/mol. The highest BCUT2D eigenvalue weighted by molar-refractivity contribution is 7.91. The molecule has 25 heavy (non-hydrogen) atoms. The third-order valence-electron chi connectivity index (χ3n) is 5.17. The largest absolute Gasteiger partial charge is 0.368 e. The standard InChI is InChI=1S/C19H21FN2O2S/c20-17-3-1-2-4-19(17)25(23,24)16-5-6-18-14(13-16)9-12-22(18)15-7-10-21-11-8-15/h1-6,13,15,21H,7-12H2. The minimum Gasteiger partial charge on any atom is -0.368 e. The molecule has 0 amide bonds. The van der Waals surface area contributed by atoms with Crippen molar-refractivity contribution in [3.8, 4) is 0 Å². The second-order valence-corrected chi connectivity index (χ2v) is 8.57. The number of benzene rings is 2. The van der Waals surface area contributed by atoms with Crippen LogP contribution in [0.15, 0.2) is 52.3 Å². The summed E-state index contributed by atoms with van der Waals surface area (Å²) in [5.41, 5.74) is 2.16. The van der Waals surface area contributed by atoms with Gasteiger partial charge in [-0.05, 0) is 68.2 Å². The lowest BCUT2D eigenvalue weighted by atomic mass is 10.0. The average Bonchev–Trinajstić information content (AvgIpc) is 3.06. The van der Waals surface area contributed by atoms with Crippen LogP contribution in [0.4, 0.5) is 10.1 Å². The molecule has 0 aromatic heterocycles. The van der Waals surface area contributed by atoms with Crippen LogP contribution in [-0.2, 0) is 16.3 Å². The molecule has 0 radical (unpaired) electrons. The molecule has 2 aliphatic heterocycles. The van der Waals surface area contributed by atoms with Crippen molar-refractivity contribution in [1.29, 1.82) is 0 Å². The molecule has 4 nitrogen and oxygen atoms in total. The lowest BCUT2D eigenvalue weighted by molar-refractivity contribution is 0.435. The molecule has 2 aromatic rings. The molecule has 0 aliphatic carbocycles. The van der Waals surface area contributed by atoms with E-state index in [0.717, 1.165) is 50.1 Å². The van der Waals surface area contributed by atoms with Gasteiger partial charge in [0.15, 0.2) is 0 Å². The van der Waals surface area contributed by atoms with Crippen LogP contribution in [0.2, 0.25) is 0 Å². The topological polar surface area (TPSA) is 49.4 Å². The number of hydrogen-bond acceptors (Lipinski definition) is 4. The summed E-state index contributed by atoms with van der Waals surface area (Å²) < 4.78 is 39.5. The SMILES string of the molecule is O=S(=O)(c1ccc2c(c1)CCN2C1CCNCC1)c1ccccc1F. The fourth-order valence-corrected chi connectivity index (χ4v) is 5.24. The van der Waals surface area contributed by atoms with Gasteiger partial charge in [0.25, 0.3) is 0 Å². The molecule has 1 saturated heterocycles. The van der Waals surface area contributed by atoms with E-state index in [9.17, 15) is 12.8 Å². The highest BCUT2D eigenvalue weighted by Crippen LogP contribution is 2.35. The zero-order valence-corrected chi connectivity index (χ0v) is 14.7. The Kier molecular flexibility index (Phi) is 4.25. The first-order chi connectivity index (χ1) is 12.1. The van der Waals surface area contributed by atoms with E-state index in [-0.39, 0.29) is 9.79 Å². The molecule has 2 heterocycles. The van der Waals surface area contributed by atoms with Crippen LogP contribution >= 0.6 is 0 Å². The summed E-state index contributed by atoms with van der Waals surface area (Å²) in [5, 5.41) is 3.37.